The Morgan fingerprint density at radius 1 is 0.884 bits per heavy atom. The van der Waals surface area contributed by atoms with Crippen molar-refractivity contribution in [2.45, 2.75) is 40.6 Å². The van der Waals surface area contributed by atoms with Crippen molar-refractivity contribution in [2.24, 2.45) is 0 Å². The molecule has 4 nitrogen and oxygen atoms in total. The van der Waals surface area contributed by atoms with E-state index in [9.17, 15) is 39.9 Å². The molecule has 0 aliphatic carbocycles. The Hall–Kier alpha value is -3.16. The lowest BCUT2D eigenvalue weighted by molar-refractivity contribution is -0.392. The first-order chi connectivity index (χ1) is 20.1. The smallest absolute Gasteiger partial charge is 0.349 e. The molecule has 0 spiro atoms. The van der Waals surface area contributed by atoms with E-state index in [1.54, 1.807) is 42.1 Å². The Bertz CT molecular complexity index is 1380. The zero-order chi connectivity index (χ0) is 31.6. The van der Waals surface area contributed by atoms with Gasteiger partial charge in [0.15, 0.2) is 0 Å². The molecule has 0 N–H and O–H groups in total. The molecule has 3 aromatic rings. The van der Waals surface area contributed by atoms with Crippen molar-refractivity contribution in [1.82, 2.24) is 9.80 Å². The summed E-state index contributed by atoms with van der Waals surface area (Å²) < 4.78 is 118. The van der Waals surface area contributed by atoms with E-state index >= 15 is 0 Å². The second-order valence-corrected chi connectivity index (χ2v) is 11.9. The highest BCUT2D eigenvalue weighted by Gasteiger charge is 2.73. The molecule has 1 heterocycles. The van der Waals surface area contributed by atoms with Crippen LogP contribution in [0, 0.1) is 11.6 Å². The van der Waals surface area contributed by atoms with Gasteiger partial charge in [-0.25, -0.2) is 8.78 Å². The third-order valence-electron chi connectivity index (χ3n) is 7.20. The third-order valence-corrected chi connectivity index (χ3v) is 8.67. The molecule has 1 aliphatic heterocycles. The summed E-state index contributed by atoms with van der Waals surface area (Å²) in [6, 6.07) is 15.0. The van der Waals surface area contributed by atoms with E-state index in [2.05, 4.69) is 4.74 Å². The molecule has 0 saturated carbocycles. The average molecular weight is 633 g/mol. The van der Waals surface area contributed by atoms with E-state index in [-0.39, 0.29) is 19.0 Å². The zero-order valence-electron chi connectivity index (χ0n) is 23.1. The molecule has 3 aromatic carbocycles. The lowest BCUT2D eigenvalue weighted by Crippen LogP contribution is -2.56. The van der Waals surface area contributed by atoms with Crippen LogP contribution in [0.4, 0.5) is 35.1 Å². The second-order valence-electron chi connectivity index (χ2n) is 10.5. The summed E-state index contributed by atoms with van der Waals surface area (Å²) in [6.45, 7) is -0.993. The number of hydrogen-bond donors (Lipinski definition) is 0. The van der Waals surface area contributed by atoms with Gasteiger partial charge < -0.3 is 14.5 Å². The predicted octanol–water partition coefficient (Wildman–Crippen LogP) is 7.28. The summed E-state index contributed by atoms with van der Waals surface area (Å²) in [6.07, 6.45) is -11.7. The number of thioether (sulfide) groups is 1. The highest BCUT2D eigenvalue weighted by Crippen LogP contribution is 2.54. The van der Waals surface area contributed by atoms with Crippen LogP contribution in [0.1, 0.15) is 23.1 Å². The maximum absolute atomic E-state index is 14.4. The topological polar surface area (TPSA) is 32.8 Å². The van der Waals surface area contributed by atoms with E-state index in [1.807, 2.05) is 12.1 Å². The van der Waals surface area contributed by atoms with Crippen LogP contribution in [-0.2, 0) is 26.5 Å². The summed E-state index contributed by atoms with van der Waals surface area (Å²) in [5.74, 6) is -2.86. The minimum Gasteiger partial charge on any atom is -0.349 e. The molecule has 0 bridgehead atoms. The minimum atomic E-state index is -6.05. The Kier molecular flexibility index (Phi) is 9.48. The molecule has 1 fully saturated rings. The van der Waals surface area contributed by atoms with E-state index in [0.29, 0.717) is 42.8 Å². The van der Waals surface area contributed by atoms with Gasteiger partial charge in [0.25, 0.3) is 5.60 Å². The number of amides is 1. The third kappa shape index (κ3) is 6.68. The number of carbonyl (C=O) groups is 1. The zero-order valence-corrected chi connectivity index (χ0v) is 23.9. The largest absolute Gasteiger partial charge is 0.430 e. The molecule has 4 rings (SSSR count). The number of likely N-dealkylation sites (tertiary alicyclic amines) is 1. The minimum absolute atomic E-state index is 0.130. The Labute approximate surface area is 247 Å². The number of rotatable bonds is 9. The SMILES string of the molecule is CN(C)CC(=O)N1CCC(Sc2ccccc2)(c2ccc(C(OCc3c(F)cccc3F)(C(F)(F)F)C(F)(F)F)cc2)C1. The van der Waals surface area contributed by atoms with Crippen LogP contribution in [-0.4, -0.2) is 61.8 Å². The standard InChI is InChI=1S/C30H28F8N2O2S/c1-39(2)17-26(41)40-16-15-27(19-40,43-22-7-4-3-5-8-22)20-11-13-21(14-12-20)28(29(33,34)35,30(36,37)38)42-18-23-24(31)9-6-10-25(23)32/h3-14H,15-19H2,1-2H3. The lowest BCUT2D eigenvalue weighted by atomic mass is 9.88. The molecule has 1 aliphatic rings. The van der Waals surface area contributed by atoms with Gasteiger partial charge in [0, 0.05) is 29.1 Å². The van der Waals surface area contributed by atoms with Gasteiger partial charge in [0.05, 0.1) is 17.9 Å². The van der Waals surface area contributed by atoms with Crippen LogP contribution in [0.25, 0.3) is 0 Å². The normalized spacial score (nSPS) is 18.0. The van der Waals surface area contributed by atoms with Crippen LogP contribution in [0.2, 0.25) is 0 Å². The number of benzene rings is 3. The van der Waals surface area contributed by atoms with Gasteiger partial charge in [0.1, 0.15) is 11.6 Å². The van der Waals surface area contributed by atoms with Crippen molar-refractivity contribution in [3.63, 3.8) is 0 Å². The molecular formula is C30H28F8N2O2S. The highest BCUT2D eigenvalue weighted by molar-refractivity contribution is 8.00. The Morgan fingerprint density at radius 3 is 2.00 bits per heavy atom. The fourth-order valence-corrected chi connectivity index (χ4v) is 6.46. The van der Waals surface area contributed by atoms with Gasteiger partial charge in [-0.05, 0) is 50.3 Å². The van der Waals surface area contributed by atoms with Crippen molar-refractivity contribution >= 4 is 17.7 Å². The van der Waals surface area contributed by atoms with Gasteiger partial charge in [-0.2, -0.15) is 26.3 Å². The van der Waals surface area contributed by atoms with E-state index in [4.69, 9.17) is 0 Å². The molecule has 0 aromatic heterocycles. The van der Waals surface area contributed by atoms with Crippen LogP contribution in [0.3, 0.4) is 0 Å². The maximum Gasteiger partial charge on any atom is 0.430 e. The Balaban J connectivity index is 1.75. The first-order valence-corrected chi connectivity index (χ1v) is 13.9. The second kappa shape index (κ2) is 12.4. The van der Waals surface area contributed by atoms with E-state index in [1.165, 1.54) is 11.8 Å². The van der Waals surface area contributed by atoms with Crippen LogP contribution < -0.4 is 0 Å². The number of carbonyl (C=O) groups excluding carboxylic acids is 1. The molecule has 43 heavy (non-hydrogen) atoms. The fourth-order valence-electron chi connectivity index (χ4n) is 5.05. The monoisotopic (exact) mass is 632 g/mol. The molecule has 1 atom stereocenters. The number of hydrogen-bond acceptors (Lipinski definition) is 4. The van der Waals surface area contributed by atoms with Crippen molar-refractivity contribution in [2.75, 3.05) is 33.7 Å². The van der Waals surface area contributed by atoms with E-state index < -0.39 is 52.1 Å². The molecule has 232 valence electrons. The fraction of sp³-hybridized carbons (Fsp3) is 0.367. The molecule has 0 radical (unpaired) electrons. The van der Waals surface area contributed by atoms with E-state index in [0.717, 1.165) is 23.1 Å². The number of likely N-dealkylation sites (N-methyl/N-ethyl adjacent to an activating group) is 1. The quantitative estimate of drug-likeness (QED) is 0.232. The van der Waals surface area contributed by atoms with Crippen LogP contribution in [0.5, 0.6) is 0 Å². The van der Waals surface area contributed by atoms with Crippen molar-refractivity contribution in [1.29, 1.82) is 0 Å². The maximum atomic E-state index is 14.4. The summed E-state index contributed by atoms with van der Waals surface area (Å²) >= 11 is 1.36. The summed E-state index contributed by atoms with van der Waals surface area (Å²) in [5, 5.41) is 0. The number of ether oxygens (including phenoxy) is 1. The van der Waals surface area contributed by atoms with Crippen LogP contribution >= 0.6 is 11.8 Å². The lowest BCUT2D eigenvalue weighted by Gasteiger charge is -2.38. The number of alkyl halides is 6. The Morgan fingerprint density at radius 2 is 1.47 bits per heavy atom. The van der Waals surface area contributed by atoms with Gasteiger partial charge in [-0.15, -0.1) is 11.8 Å². The van der Waals surface area contributed by atoms with Crippen molar-refractivity contribution in [3.05, 3.63) is 101 Å². The van der Waals surface area contributed by atoms with Gasteiger partial charge >= 0.3 is 12.4 Å². The number of nitrogens with zero attached hydrogens (tertiary/aromatic N) is 2. The summed E-state index contributed by atoms with van der Waals surface area (Å²) in [5.41, 5.74) is -6.84. The molecule has 13 heteroatoms. The van der Waals surface area contributed by atoms with Crippen LogP contribution in [0.15, 0.2) is 77.7 Å². The predicted molar refractivity (Wildman–Crippen MR) is 145 cm³/mol. The van der Waals surface area contributed by atoms with Crippen molar-refractivity contribution in [3.8, 4) is 0 Å². The molecular weight excluding hydrogens is 604 g/mol. The summed E-state index contributed by atoms with van der Waals surface area (Å²) in [4.78, 5) is 16.9. The average Bonchev–Trinajstić information content (AvgIpc) is 3.35. The van der Waals surface area contributed by atoms with Gasteiger partial charge in [-0.1, -0.05) is 48.5 Å². The van der Waals surface area contributed by atoms with Crippen molar-refractivity contribution < 1.29 is 44.7 Å². The molecule has 1 saturated heterocycles. The first kappa shape index (κ1) is 32.7. The highest BCUT2D eigenvalue weighted by atomic mass is 32.2. The molecule has 1 unspecified atom stereocenters. The number of halogens is 8. The molecule has 1 amide bonds. The van der Waals surface area contributed by atoms with Gasteiger partial charge in [-0.3, -0.25) is 4.79 Å². The summed E-state index contributed by atoms with van der Waals surface area (Å²) in [7, 11) is 3.46. The van der Waals surface area contributed by atoms with Gasteiger partial charge in [0.2, 0.25) is 5.91 Å². The first-order valence-electron chi connectivity index (χ1n) is 13.1.